The maximum Gasteiger partial charge on any atom is 0.254 e. The molecule has 0 radical (unpaired) electrons. The predicted octanol–water partition coefficient (Wildman–Crippen LogP) is 3.55. The molecule has 1 amide bonds. The minimum absolute atomic E-state index is 0.131. The lowest BCUT2D eigenvalue weighted by Gasteiger charge is -2.20. The highest BCUT2D eigenvalue weighted by molar-refractivity contribution is 5.93. The lowest BCUT2D eigenvalue weighted by atomic mass is 10.1. The van der Waals surface area contributed by atoms with Gasteiger partial charge in [0.15, 0.2) is 0 Å². The number of anilines is 1. The van der Waals surface area contributed by atoms with Crippen LogP contribution in [-0.2, 0) is 16.6 Å². The van der Waals surface area contributed by atoms with Gasteiger partial charge in [0.25, 0.3) is 5.91 Å². The van der Waals surface area contributed by atoms with Gasteiger partial charge in [0.1, 0.15) is 11.9 Å². The summed E-state index contributed by atoms with van der Waals surface area (Å²) in [7, 11) is 1.82. The van der Waals surface area contributed by atoms with E-state index in [4.69, 9.17) is 4.74 Å². The Bertz CT molecular complexity index is 691. The molecule has 0 aliphatic heterocycles. The quantitative estimate of drug-likeness (QED) is 0.844. The third-order valence-electron chi connectivity index (χ3n) is 4.68. The first-order valence-corrected chi connectivity index (χ1v) is 9.04. The monoisotopic (exact) mass is 342 g/mol. The number of amides is 1. The second-order valence-electron chi connectivity index (χ2n) is 6.66. The fourth-order valence-corrected chi connectivity index (χ4v) is 3.20. The van der Waals surface area contributed by atoms with E-state index in [1.165, 1.54) is 25.7 Å². The molecule has 1 aliphatic carbocycles. The van der Waals surface area contributed by atoms with Crippen LogP contribution >= 0.6 is 0 Å². The summed E-state index contributed by atoms with van der Waals surface area (Å²) < 4.78 is 7.66. The molecule has 1 atom stereocenters. The number of aromatic nitrogens is 3. The third-order valence-corrected chi connectivity index (χ3v) is 4.68. The summed E-state index contributed by atoms with van der Waals surface area (Å²) in [6, 6.07) is 5.66. The fraction of sp³-hybridized carbons (Fsp3) is 0.526. The molecule has 6 nitrogen and oxygen atoms in total. The number of rotatable bonds is 5. The van der Waals surface area contributed by atoms with Crippen LogP contribution in [0.4, 0.5) is 5.82 Å². The van der Waals surface area contributed by atoms with Crippen LogP contribution in [0.1, 0.15) is 45.4 Å². The minimum Gasteiger partial charge on any atom is -0.365 e. The molecule has 0 aromatic carbocycles. The molecular weight excluding hydrogens is 316 g/mol. The van der Waals surface area contributed by atoms with E-state index < -0.39 is 6.10 Å². The second kappa shape index (κ2) is 8.25. The highest BCUT2D eigenvalue weighted by Gasteiger charge is 2.21. The van der Waals surface area contributed by atoms with Crippen molar-refractivity contribution < 1.29 is 9.53 Å². The fourth-order valence-electron chi connectivity index (χ4n) is 3.20. The average Bonchev–Trinajstić information content (AvgIpc) is 2.82. The summed E-state index contributed by atoms with van der Waals surface area (Å²) in [5.41, 5.74) is 1.77. The minimum atomic E-state index is -0.470. The summed E-state index contributed by atoms with van der Waals surface area (Å²) in [5.74, 6) is 0.529. The molecule has 6 heteroatoms. The first kappa shape index (κ1) is 17.6. The number of hydrogen-bond donors (Lipinski definition) is 1. The molecule has 1 N–H and O–H groups in total. The van der Waals surface area contributed by atoms with Crippen molar-refractivity contribution in [3.8, 4) is 11.3 Å². The predicted molar refractivity (Wildman–Crippen MR) is 97.1 cm³/mol. The number of nitrogens with one attached hydrogen (secondary N) is 1. The summed E-state index contributed by atoms with van der Waals surface area (Å²) in [4.78, 5) is 16.5. The van der Waals surface area contributed by atoms with Crippen LogP contribution in [0.3, 0.4) is 0 Å². The lowest BCUT2D eigenvalue weighted by molar-refractivity contribution is -0.130. The van der Waals surface area contributed by atoms with E-state index in [2.05, 4.69) is 15.4 Å². The number of carbonyl (C=O) groups excluding carboxylic acids is 1. The van der Waals surface area contributed by atoms with Crippen molar-refractivity contribution in [3.05, 3.63) is 30.6 Å². The topological polar surface area (TPSA) is 69.0 Å². The number of ether oxygens (including phenoxy) is 1. The zero-order valence-corrected chi connectivity index (χ0v) is 14.9. The number of carbonyl (C=O) groups is 1. The Balaban J connectivity index is 1.61. The van der Waals surface area contributed by atoms with Gasteiger partial charge in [-0.05, 0) is 31.9 Å². The van der Waals surface area contributed by atoms with Gasteiger partial charge < -0.3 is 10.1 Å². The molecule has 1 saturated carbocycles. The molecule has 0 spiro atoms. The Kier molecular flexibility index (Phi) is 5.81. The zero-order valence-electron chi connectivity index (χ0n) is 14.9. The molecule has 2 heterocycles. The Morgan fingerprint density at radius 2 is 1.92 bits per heavy atom. The smallest absolute Gasteiger partial charge is 0.254 e. The van der Waals surface area contributed by atoms with Crippen molar-refractivity contribution in [2.75, 3.05) is 5.32 Å². The first-order valence-electron chi connectivity index (χ1n) is 9.04. The van der Waals surface area contributed by atoms with Crippen LogP contribution in [0.2, 0.25) is 0 Å². The Morgan fingerprint density at radius 1 is 1.24 bits per heavy atom. The molecule has 2 aromatic rings. The Labute approximate surface area is 148 Å². The van der Waals surface area contributed by atoms with Gasteiger partial charge in [-0.1, -0.05) is 25.7 Å². The van der Waals surface area contributed by atoms with E-state index in [1.807, 2.05) is 32.2 Å². The Hall–Kier alpha value is -2.21. The largest absolute Gasteiger partial charge is 0.365 e. The summed E-state index contributed by atoms with van der Waals surface area (Å²) in [6.07, 6.45) is 10.2. The van der Waals surface area contributed by atoms with E-state index in [0.29, 0.717) is 5.82 Å². The van der Waals surface area contributed by atoms with E-state index in [-0.39, 0.29) is 12.0 Å². The van der Waals surface area contributed by atoms with Gasteiger partial charge in [-0.2, -0.15) is 5.10 Å². The molecule has 3 rings (SSSR count). The molecule has 25 heavy (non-hydrogen) atoms. The Morgan fingerprint density at radius 3 is 2.60 bits per heavy atom. The van der Waals surface area contributed by atoms with Gasteiger partial charge in [0.05, 0.1) is 11.8 Å². The molecule has 134 valence electrons. The van der Waals surface area contributed by atoms with Crippen molar-refractivity contribution in [1.82, 2.24) is 14.8 Å². The number of aryl methyl sites for hydroxylation is 1. The van der Waals surface area contributed by atoms with Crippen LogP contribution in [0.15, 0.2) is 30.6 Å². The molecule has 0 saturated heterocycles. The average molecular weight is 342 g/mol. The second-order valence-corrected chi connectivity index (χ2v) is 6.66. The van der Waals surface area contributed by atoms with E-state index in [1.54, 1.807) is 17.1 Å². The van der Waals surface area contributed by atoms with Crippen LogP contribution in [0.5, 0.6) is 0 Å². The van der Waals surface area contributed by atoms with Gasteiger partial charge in [0.2, 0.25) is 0 Å². The first-order chi connectivity index (χ1) is 12.1. The number of hydrogen-bond acceptors (Lipinski definition) is 4. The number of pyridine rings is 1. The summed E-state index contributed by atoms with van der Waals surface area (Å²) in [6.45, 7) is 1.82. The molecule has 1 aliphatic rings. The van der Waals surface area contributed by atoms with Crippen molar-refractivity contribution >= 4 is 11.7 Å². The van der Waals surface area contributed by atoms with Crippen LogP contribution < -0.4 is 5.32 Å². The molecule has 2 aromatic heterocycles. The molecule has 0 bridgehead atoms. The van der Waals surface area contributed by atoms with Crippen molar-refractivity contribution in [2.45, 2.75) is 57.7 Å². The lowest BCUT2D eigenvalue weighted by Crippen LogP contribution is -2.32. The molecule has 0 unspecified atom stereocenters. The normalized spacial score (nSPS) is 17.0. The van der Waals surface area contributed by atoms with E-state index >= 15 is 0 Å². The highest BCUT2D eigenvalue weighted by atomic mass is 16.5. The van der Waals surface area contributed by atoms with Crippen molar-refractivity contribution in [2.24, 2.45) is 7.05 Å². The zero-order chi connectivity index (χ0) is 17.6. The van der Waals surface area contributed by atoms with Gasteiger partial charge in [-0.15, -0.1) is 0 Å². The third kappa shape index (κ3) is 4.66. The van der Waals surface area contributed by atoms with Gasteiger partial charge in [0, 0.05) is 31.1 Å². The SMILES string of the molecule is C[C@H](OC1CCCCCC1)C(=O)Nc1cc(-c2ccncc2)nn1C. The van der Waals surface area contributed by atoms with Crippen LogP contribution in [-0.4, -0.2) is 32.9 Å². The van der Waals surface area contributed by atoms with Gasteiger partial charge in [-0.3, -0.25) is 14.5 Å². The standard InChI is InChI=1S/C19H26N4O2/c1-14(25-16-7-5-3-4-6-8-16)19(24)21-18-13-17(22-23(18)2)15-9-11-20-12-10-15/h9-14,16H,3-8H2,1-2H3,(H,21,24)/t14-/m0/s1. The van der Waals surface area contributed by atoms with Crippen molar-refractivity contribution in [1.29, 1.82) is 0 Å². The van der Waals surface area contributed by atoms with E-state index in [9.17, 15) is 4.79 Å². The van der Waals surface area contributed by atoms with Crippen LogP contribution in [0, 0.1) is 0 Å². The van der Waals surface area contributed by atoms with Crippen LogP contribution in [0.25, 0.3) is 11.3 Å². The van der Waals surface area contributed by atoms with Crippen molar-refractivity contribution in [3.63, 3.8) is 0 Å². The van der Waals surface area contributed by atoms with E-state index in [0.717, 1.165) is 24.1 Å². The maximum atomic E-state index is 12.5. The molecular formula is C19H26N4O2. The summed E-state index contributed by atoms with van der Waals surface area (Å²) >= 11 is 0. The maximum absolute atomic E-state index is 12.5. The summed E-state index contributed by atoms with van der Waals surface area (Å²) in [5, 5.41) is 7.38. The molecule has 1 fully saturated rings. The van der Waals surface area contributed by atoms with Gasteiger partial charge >= 0.3 is 0 Å². The van der Waals surface area contributed by atoms with Gasteiger partial charge in [-0.25, -0.2) is 0 Å². The highest BCUT2D eigenvalue weighted by Crippen LogP contribution is 2.23. The number of nitrogens with zero attached hydrogens (tertiary/aromatic N) is 3.